The van der Waals surface area contributed by atoms with Gasteiger partial charge in [0, 0.05) is 37.5 Å². The zero-order valence-electron chi connectivity index (χ0n) is 14.5. The molecule has 1 aromatic heterocycles. The van der Waals surface area contributed by atoms with Crippen LogP contribution in [0.1, 0.15) is 31.9 Å². The second kappa shape index (κ2) is 8.73. The number of aromatic amines is 1. The Morgan fingerprint density at radius 3 is 2.96 bits per heavy atom. The van der Waals surface area contributed by atoms with E-state index in [1.165, 1.54) is 18.2 Å². The van der Waals surface area contributed by atoms with Crippen molar-refractivity contribution in [1.82, 2.24) is 15.6 Å². The van der Waals surface area contributed by atoms with Crippen LogP contribution in [0.25, 0.3) is 10.9 Å². The molecule has 2 aromatic rings. The molecule has 24 heavy (non-hydrogen) atoms. The van der Waals surface area contributed by atoms with E-state index in [-0.39, 0.29) is 0 Å². The van der Waals surface area contributed by atoms with Gasteiger partial charge in [-0.05, 0) is 49.6 Å². The molecule has 1 fully saturated rings. The highest BCUT2D eigenvalue weighted by Crippen LogP contribution is 2.28. The molecule has 1 heterocycles. The molecule has 3 N–H and O–H groups in total. The van der Waals surface area contributed by atoms with Crippen molar-refractivity contribution in [3.05, 3.63) is 36.0 Å². The van der Waals surface area contributed by atoms with E-state index in [0.29, 0.717) is 6.54 Å². The number of para-hydroxylation sites is 1. The van der Waals surface area contributed by atoms with E-state index >= 15 is 0 Å². The summed E-state index contributed by atoms with van der Waals surface area (Å²) in [5.41, 5.74) is 2.29. The molecule has 1 saturated carbocycles. The lowest BCUT2D eigenvalue weighted by molar-refractivity contribution is 0.123. The number of aliphatic imine (C=N–C) groups is 1. The first-order valence-electron chi connectivity index (χ1n) is 9.01. The number of benzene rings is 1. The number of fused-ring (bicyclic) bond motifs is 1. The van der Waals surface area contributed by atoms with Crippen molar-refractivity contribution in [1.29, 1.82) is 0 Å². The van der Waals surface area contributed by atoms with Gasteiger partial charge in [-0.3, -0.25) is 0 Å². The second-order valence-corrected chi connectivity index (χ2v) is 6.38. The SMILES string of the molecule is CCNC(=NCc1cc2ccccc2[nH]1)NCCCOCC1CC1. The lowest BCUT2D eigenvalue weighted by Crippen LogP contribution is -2.38. The zero-order valence-corrected chi connectivity index (χ0v) is 14.5. The summed E-state index contributed by atoms with van der Waals surface area (Å²) >= 11 is 0. The second-order valence-electron chi connectivity index (χ2n) is 6.38. The summed E-state index contributed by atoms with van der Waals surface area (Å²) in [5, 5.41) is 7.89. The molecular formula is C19H28N4O. The molecule has 3 rings (SSSR count). The third-order valence-electron chi connectivity index (χ3n) is 4.15. The van der Waals surface area contributed by atoms with Gasteiger partial charge in [-0.1, -0.05) is 18.2 Å². The van der Waals surface area contributed by atoms with Gasteiger partial charge in [-0.25, -0.2) is 4.99 Å². The van der Waals surface area contributed by atoms with E-state index in [0.717, 1.165) is 55.8 Å². The summed E-state index contributed by atoms with van der Waals surface area (Å²) < 4.78 is 5.66. The highest BCUT2D eigenvalue weighted by Gasteiger charge is 2.20. The fourth-order valence-corrected chi connectivity index (χ4v) is 2.64. The molecule has 5 heteroatoms. The van der Waals surface area contributed by atoms with E-state index in [2.05, 4.69) is 51.8 Å². The molecule has 0 atom stereocenters. The molecule has 0 radical (unpaired) electrons. The number of hydrogen-bond acceptors (Lipinski definition) is 2. The van der Waals surface area contributed by atoms with Gasteiger partial charge in [0.1, 0.15) is 0 Å². The van der Waals surface area contributed by atoms with Gasteiger partial charge in [0.2, 0.25) is 0 Å². The monoisotopic (exact) mass is 328 g/mol. The van der Waals surface area contributed by atoms with Crippen LogP contribution in [0.4, 0.5) is 0 Å². The van der Waals surface area contributed by atoms with Gasteiger partial charge >= 0.3 is 0 Å². The summed E-state index contributed by atoms with van der Waals surface area (Å²) in [4.78, 5) is 8.07. The third-order valence-corrected chi connectivity index (χ3v) is 4.15. The maximum Gasteiger partial charge on any atom is 0.191 e. The number of hydrogen-bond donors (Lipinski definition) is 3. The van der Waals surface area contributed by atoms with Gasteiger partial charge < -0.3 is 20.4 Å². The average Bonchev–Trinajstić information content (AvgIpc) is 3.32. The minimum atomic E-state index is 0.641. The molecule has 130 valence electrons. The highest BCUT2D eigenvalue weighted by atomic mass is 16.5. The Hall–Kier alpha value is -2.01. The summed E-state index contributed by atoms with van der Waals surface area (Å²) in [5.74, 6) is 1.70. The van der Waals surface area contributed by atoms with E-state index in [9.17, 15) is 0 Å². The number of guanidine groups is 1. The lowest BCUT2D eigenvalue weighted by atomic mass is 10.2. The van der Waals surface area contributed by atoms with Crippen molar-refractivity contribution >= 4 is 16.9 Å². The Morgan fingerprint density at radius 2 is 2.17 bits per heavy atom. The minimum absolute atomic E-state index is 0.641. The number of ether oxygens (including phenoxy) is 1. The summed E-state index contributed by atoms with van der Waals surface area (Å²) in [7, 11) is 0. The normalized spacial score (nSPS) is 15.0. The summed E-state index contributed by atoms with van der Waals surface area (Å²) in [6.45, 7) is 6.22. The van der Waals surface area contributed by atoms with E-state index in [1.807, 2.05) is 6.07 Å². The Kier molecular flexibility index (Phi) is 6.13. The van der Waals surface area contributed by atoms with Crippen molar-refractivity contribution in [2.75, 3.05) is 26.3 Å². The number of aromatic nitrogens is 1. The Balaban J connectivity index is 1.43. The van der Waals surface area contributed by atoms with Gasteiger partial charge in [0.05, 0.1) is 6.54 Å². The maximum atomic E-state index is 5.66. The largest absolute Gasteiger partial charge is 0.381 e. The number of nitrogens with zero attached hydrogens (tertiary/aromatic N) is 1. The predicted octanol–water partition coefficient (Wildman–Crippen LogP) is 3.04. The van der Waals surface area contributed by atoms with Crippen LogP contribution in [-0.2, 0) is 11.3 Å². The van der Waals surface area contributed by atoms with Gasteiger partial charge in [-0.15, -0.1) is 0 Å². The lowest BCUT2D eigenvalue weighted by Gasteiger charge is -2.11. The standard InChI is InChI=1S/C19H28N4O/c1-2-20-19(21-10-5-11-24-14-15-8-9-15)22-13-17-12-16-6-3-4-7-18(16)23-17/h3-4,6-7,12,15,23H,2,5,8-11,13-14H2,1H3,(H2,20,21,22). The molecule has 5 nitrogen and oxygen atoms in total. The first-order valence-corrected chi connectivity index (χ1v) is 9.01. The topological polar surface area (TPSA) is 61.4 Å². The van der Waals surface area contributed by atoms with Crippen molar-refractivity contribution in [2.24, 2.45) is 10.9 Å². The molecule has 0 spiro atoms. The maximum absolute atomic E-state index is 5.66. The van der Waals surface area contributed by atoms with Crippen molar-refractivity contribution in [3.63, 3.8) is 0 Å². The first-order chi connectivity index (χ1) is 11.8. The van der Waals surface area contributed by atoms with Gasteiger partial charge in [0.25, 0.3) is 0 Å². The zero-order chi connectivity index (χ0) is 16.6. The van der Waals surface area contributed by atoms with Crippen LogP contribution >= 0.6 is 0 Å². The number of H-pyrrole nitrogens is 1. The number of rotatable bonds is 9. The van der Waals surface area contributed by atoms with E-state index in [4.69, 9.17) is 4.74 Å². The van der Waals surface area contributed by atoms with Crippen LogP contribution in [0.2, 0.25) is 0 Å². The van der Waals surface area contributed by atoms with Gasteiger partial charge in [0.15, 0.2) is 5.96 Å². The van der Waals surface area contributed by atoms with E-state index < -0.39 is 0 Å². The van der Waals surface area contributed by atoms with E-state index in [1.54, 1.807) is 0 Å². The van der Waals surface area contributed by atoms with Crippen molar-refractivity contribution in [2.45, 2.75) is 32.7 Å². The van der Waals surface area contributed by atoms with Crippen LogP contribution in [0.15, 0.2) is 35.3 Å². The fourth-order valence-electron chi connectivity index (χ4n) is 2.64. The van der Waals surface area contributed by atoms with Gasteiger partial charge in [-0.2, -0.15) is 0 Å². The third kappa shape index (κ3) is 5.27. The molecule has 0 bridgehead atoms. The Bertz CT molecular complexity index is 627. The molecule has 0 saturated heterocycles. The molecule has 0 amide bonds. The number of nitrogens with one attached hydrogen (secondary N) is 3. The Labute approximate surface area is 143 Å². The molecule has 1 aliphatic carbocycles. The molecule has 0 aliphatic heterocycles. The van der Waals surface area contributed by atoms with Crippen molar-refractivity contribution in [3.8, 4) is 0 Å². The summed E-state index contributed by atoms with van der Waals surface area (Å²) in [6, 6.07) is 10.5. The van der Waals surface area contributed by atoms with Crippen LogP contribution in [0.3, 0.4) is 0 Å². The fraction of sp³-hybridized carbons (Fsp3) is 0.526. The minimum Gasteiger partial charge on any atom is -0.381 e. The highest BCUT2D eigenvalue weighted by molar-refractivity contribution is 5.81. The smallest absolute Gasteiger partial charge is 0.191 e. The van der Waals surface area contributed by atoms with Crippen LogP contribution in [0, 0.1) is 5.92 Å². The van der Waals surface area contributed by atoms with Crippen LogP contribution in [0.5, 0.6) is 0 Å². The molecular weight excluding hydrogens is 300 g/mol. The molecule has 1 aromatic carbocycles. The molecule has 1 aliphatic rings. The quantitative estimate of drug-likeness (QED) is 0.377. The molecule has 0 unspecified atom stereocenters. The summed E-state index contributed by atoms with van der Waals surface area (Å²) in [6.07, 6.45) is 3.70. The van der Waals surface area contributed by atoms with Crippen LogP contribution in [-0.4, -0.2) is 37.2 Å². The predicted molar refractivity (Wildman–Crippen MR) is 99.3 cm³/mol. The average molecular weight is 328 g/mol. The Morgan fingerprint density at radius 1 is 1.29 bits per heavy atom. The first kappa shape index (κ1) is 16.8. The van der Waals surface area contributed by atoms with Crippen LogP contribution < -0.4 is 10.6 Å². The van der Waals surface area contributed by atoms with Crippen molar-refractivity contribution < 1.29 is 4.74 Å².